The third-order valence-corrected chi connectivity index (χ3v) is 6.49. The van der Waals surface area contributed by atoms with Gasteiger partial charge in [-0.3, -0.25) is 0 Å². The quantitative estimate of drug-likeness (QED) is 0.417. The summed E-state index contributed by atoms with van der Waals surface area (Å²) in [4.78, 5) is 11.9. The van der Waals surface area contributed by atoms with Crippen LogP contribution in [0.1, 0.15) is 42.4 Å². The van der Waals surface area contributed by atoms with Crippen LogP contribution in [0.4, 0.5) is 10.5 Å². The van der Waals surface area contributed by atoms with Crippen molar-refractivity contribution in [3.63, 3.8) is 0 Å². The zero-order valence-corrected chi connectivity index (χ0v) is 19.9. The molecule has 3 aromatic rings. The number of urea groups is 1. The maximum Gasteiger partial charge on any atom is 0.319 e. The van der Waals surface area contributed by atoms with E-state index in [0.717, 1.165) is 16.7 Å². The largest absolute Gasteiger partial charge is 0.392 e. The average Bonchev–Trinajstić information content (AvgIpc) is 3.27. The summed E-state index contributed by atoms with van der Waals surface area (Å²) in [5.74, 6) is 0.649. The molecule has 1 aliphatic rings. The molecule has 34 heavy (non-hydrogen) atoms. The molecule has 11 heteroatoms. The van der Waals surface area contributed by atoms with Gasteiger partial charge in [-0.15, -0.1) is 5.10 Å². The number of amides is 2. The highest BCUT2D eigenvalue weighted by atomic mass is 32.2. The molecule has 0 spiro atoms. The molecule has 4 rings (SSSR count). The van der Waals surface area contributed by atoms with Crippen molar-refractivity contribution in [2.24, 2.45) is 7.05 Å². The second kappa shape index (κ2) is 11.4. The first-order chi connectivity index (χ1) is 16.6. The number of carbonyl (C=O) groups excluding carboxylic acids is 1. The Labute approximate surface area is 202 Å². The second-order valence-electron chi connectivity index (χ2n) is 7.86. The fourth-order valence-electron chi connectivity index (χ4n) is 3.63. The third-order valence-electron chi connectivity index (χ3n) is 5.35. The molecule has 180 valence electrons. The van der Waals surface area contributed by atoms with Crippen molar-refractivity contribution in [3.05, 3.63) is 65.2 Å². The van der Waals surface area contributed by atoms with Crippen LogP contribution in [0.2, 0.25) is 0 Å². The van der Waals surface area contributed by atoms with Crippen LogP contribution in [0.15, 0.2) is 53.7 Å². The Kier molecular flexibility index (Phi) is 8.12. The summed E-state index contributed by atoms with van der Waals surface area (Å²) in [7, 11) is 1.80. The van der Waals surface area contributed by atoms with E-state index < -0.39 is 6.29 Å². The molecular formula is C23H28N6O4S. The number of nitrogens with zero attached hydrogens (tertiary/aromatic N) is 4. The minimum absolute atomic E-state index is 0.00601. The highest BCUT2D eigenvalue weighted by Crippen LogP contribution is 2.39. The summed E-state index contributed by atoms with van der Waals surface area (Å²) in [6, 6.07) is 14.9. The Hall–Kier alpha value is -2.99. The number of aliphatic hydroxyl groups excluding tert-OH is 1. The zero-order valence-electron chi connectivity index (χ0n) is 19.0. The number of rotatable bonds is 8. The SMILES string of the molecule is CCNC(=O)Nc1cccc([C@H]2O[C@@H](CSc3nnnn3C)C[C@@H](c3ccc(CO)cc3)O2)c1. The topological polar surface area (TPSA) is 123 Å². The number of aliphatic hydroxyl groups is 1. The molecule has 2 amide bonds. The highest BCUT2D eigenvalue weighted by Gasteiger charge is 2.32. The number of nitrogens with one attached hydrogen (secondary N) is 2. The van der Waals surface area contributed by atoms with Crippen molar-refractivity contribution in [3.8, 4) is 0 Å². The Balaban J connectivity index is 1.53. The lowest BCUT2D eigenvalue weighted by atomic mass is 10.0. The number of hydrogen-bond acceptors (Lipinski definition) is 8. The van der Waals surface area contributed by atoms with Crippen molar-refractivity contribution >= 4 is 23.5 Å². The van der Waals surface area contributed by atoms with Crippen LogP contribution in [0.5, 0.6) is 0 Å². The fraction of sp³-hybridized carbons (Fsp3) is 0.391. The summed E-state index contributed by atoms with van der Waals surface area (Å²) in [5.41, 5.74) is 3.32. The predicted molar refractivity (Wildman–Crippen MR) is 127 cm³/mol. The van der Waals surface area contributed by atoms with E-state index in [9.17, 15) is 9.90 Å². The van der Waals surface area contributed by atoms with E-state index >= 15 is 0 Å². The van der Waals surface area contributed by atoms with Crippen LogP contribution < -0.4 is 10.6 Å². The zero-order chi connectivity index (χ0) is 23.9. The van der Waals surface area contributed by atoms with Crippen LogP contribution in [0, 0.1) is 0 Å². The number of hydrogen-bond donors (Lipinski definition) is 3. The smallest absolute Gasteiger partial charge is 0.319 e. The van der Waals surface area contributed by atoms with E-state index in [-0.39, 0.29) is 24.8 Å². The molecule has 0 aliphatic carbocycles. The van der Waals surface area contributed by atoms with Crippen molar-refractivity contribution < 1.29 is 19.4 Å². The van der Waals surface area contributed by atoms with Gasteiger partial charge >= 0.3 is 6.03 Å². The number of carbonyl (C=O) groups is 1. The molecule has 1 fully saturated rings. The Morgan fingerprint density at radius 1 is 1.21 bits per heavy atom. The van der Waals surface area contributed by atoms with Crippen LogP contribution in [0.25, 0.3) is 0 Å². The Bertz CT molecular complexity index is 1090. The maximum atomic E-state index is 11.9. The highest BCUT2D eigenvalue weighted by molar-refractivity contribution is 7.99. The standard InChI is InChI=1S/C23H28N6O4S/c1-3-24-22(31)25-18-6-4-5-17(11-18)21-32-19(14-34-23-26-27-28-29(23)2)12-20(33-21)16-9-7-15(13-30)8-10-16/h4-11,19-21,30H,3,12-14H2,1-2H3,(H2,24,25,31)/t19-,20+,21+/m1/s1. The number of ether oxygens (including phenoxy) is 2. The molecule has 3 N–H and O–H groups in total. The van der Waals surface area contributed by atoms with Crippen LogP contribution in [-0.4, -0.2) is 49.7 Å². The summed E-state index contributed by atoms with van der Waals surface area (Å²) in [6.45, 7) is 2.40. The summed E-state index contributed by atoms with van der Waals surface area (Å²) >= 11 is 1.53. The van der Waals surface area contributed by atoms with Crippen molar-refractivity contribution in [2.45, 2.75) is 43.6 Å². The molecular weight excluding hydrogens is 456 g/mol. The van der Waals surface area contributed by atoms with Gasteiger partial charge < -0.3 is 25.2 Å². The summed E-state index contributed by atoms with van der Waals surface area (Å²) < 4.78 is 14.3. The first-order valence-electron chi connectivity index (χ1n) is 11.1. The molecule has 0 radical (unpaired) electrons. The molecule has 3 atom stereocenters. The first-order valence-corrected chi connectivity index (χ1v) is 12.0. The molecule has 0 unspecified atom stereocenters. The molecule has 2 aromatic carbocycles. The van der Waals surface area contributed by atoms with Gasteiger partial charge in [0.05, 0.1) is 18.8 Å². The van der Waals surface area contributed by atoms with E-state index in [1.165, 1.54) is 11.8 Å². The lowest BCUT2D eigenvalue weighted by molar-refractivity contribution is -0.245. The predicted octanol–water partition coefficient (Wildman–Crippen LogP) is 3.18. The lowest BCUT2D eigenvalue weighted by Crippen LogP contribution is -2.31. The molecule has 2 heterocycles. The van der Waals surface area contributed by atoms with E-state index in [2.05, 4.69) is 26.2 Å². The average molecular weight is 485 g/mol. The summed E-state index contributed by atoms with van der Waals surface area (Å²) in [6.07, 6.45) is -0.280. The van der Waals surface area contributed by atoms with Gasteiger partial charge in [0.2, 0.25) is 5.16 Å². The third kappa shape index (κ3) is 6.11. The van der Waals surface area contributed by atoms with Crippen molar-refractivity contribution in [1.29, 1.82) is 0 Å². The first kappa shape index (κ1) is 24.1. The minimum Gasteiger partial charge on any atom is -0.392 e. The van der Waals surface area contributed by atoms with Crippen LogP contribution in [0.3, 0.4) is 0 Å². The van der Waals surface area contributed by atoms with Gasteiger partial charge in [-0.25, -0.2) is 9.48 Å². The van der Waals surface area contributed by atoms with E-state index in [1.54, 1.807) is 11.7 Å². The number of aryl methyl sites for hydroxylation is 1. The monoisotopic (exact) mass is 484 g/mol. The number of benzene rings is 2. The van der Waals surface area contributed by atoms with Gasteiger partial charge in [-0.1, -0.05) is 48.2 Å². The van der Waals surface area contributed by atoms with Gasteiger partial charge in [-0.2, -0.15) is 0 Å². The van der Waals surface area contributed by atoms with E-state index in [4.69, 9.17) is 9.47 Å². The van der Waals surface area contributed by atoms with Crippen molar-refractivity contribution in [2.75, 3.05) is 17.6 Å². The Morgan fingerprint density at radius 3 is 2.74 bits per heavy atom. The van der Waals surface area contributed by atoms with Crippen molar-refractivity contribution in [1.82, 2.24) is 25.5 Å². The number of thioether (sulfide) groups is 1. The van der Waals surface area contributed by atoms with Crippen LogP contribution in [-0.2, 0) is 23.1 Å². The molecule has 1 aliphatic heterocycles. The lowest BCUT2D eigenvalue weighted by Gasteiger charge is -2.36. The Morgan fingerprint density at radius 2 is 2.03 bits per heavy atom. The van der Waals surface area contributed by atoms with Gasteiger partial charge in [0, 0.05) is 37.0 Å². The number of anilines is 1. The maximum absolute atomic E-state index is 11.9. The van der Waals surface area contributed by atoms with Gasteiger partial charge in [0.15, 0.2) is 6.29 Å². The van der Waals surface area contributed by atoms with Gasteiger partial charge in [0.25, 0.3) is 0 Å². The van der Waals surface area contributed by atoms with Gasteiger partial charge in [0.1, 0.15) is 0 Å². The van der Waals surface area contributed by atoms with Crippen LogP contribution >= 0.6 is 11.8 Å². The minimum atomic E-state index is -0.615. The second-order valence-corrected chi connectivity index (χ2v) is 8.84. The summed E-state index contributed by atoms with van der Waals surface area (Å²) in [5, 5.41) is 27.2. The van der Waals surface area contributed by atoms with Gasteiger partial charge in [-0.05, 0) is 40.6 Å². The molecule has 1 saturated heterocycles. The number of aromatic nitrogens is 4. The fourth-order valence-corrected chi connectivity index (χ4v) is 4.50. The molecule has 0 bridgehead atoms. The normalized spacial score (nSPS) is 20.1. The number of tetrazole rings is 1. The van der Waals surface area contributed by atoms with E-state index in [0.29, 0.717) is 29.6 Å². The van der Waals surface area contributed by atoms with E-state index in [1.807, 2.05) is 55.5 Å². The molecule has 0 saturated carbocycles. The molecule has 1 aromatic heterocycles. The molecule has 10 nitrogen and oxygen atoms in total.